The highest BCUT2D eigenvalue weighted by molar-refractivity contribution is 7.99. The molecule has 0 spiro atoms. The van der Waals surface area contributed by atoms with Gasteiger partial charge in [0.1, 0.15) is 0 Å². The Balaban J connectivity index is 1.80. The highest BCUT2D eigenvalue weighted by atomic mass is 32.2. The van der Waals surface area contributed by atoms with Crippen LogP contribution in [0.5, 0.6) is 0 Å². The summed E-state index contributed by atoms with van der Waals surface area (Å²) in [5.41, 5.74) is 1.10. The number of rotatable bonds is 2. The van der Waals surface area contributed by atoms with E-state index in [0.717, 1.165) is 28.9 Å². The van der Waals surface area contributed by atoms with Crippen molar-refractivity contribution >= 4 is 22.7 Å². The van der Waals surface area contributed by atoms with Crippen LogP contribution in [0.1, 0.15) is 12.8 Å². The number of aromatic nitrogens is 1. The first-order valence-electron chi connectivity index (χ1n) is 6.15. The molecule has 0 amide bonds. The predicted molar refractivity (Wildman–Crippen MR) is 73.5 cm³/mol. The van der Waals surface area contributed by atoms with Gasteiger partial charge in [-0.25, -0.2) is 4.98 Å². The highest BCUT2D eigenvalue weighted by Gasteiger charge is 2.14. The van der Waals surface area contributed by atoms with Crippen LogP contribution in [-0.2, 0) is 0 Å². The van der Waals surface area contributed by atoms with E-state index >= 15 is 0 Å². The van der Waals surface area contributed by atoms with E-state index in [1.807, 2.05) is 17.8 Å². The Kier molecular flexibility index (Phi) is 3.29. The van der Waals surface area contributed by atoms with Crippen molar-refractivity contribution in [1.29, 1.82) is 0 Å². The molecule has 3 heteroatoms. The van der Waals surface area contributed by atoms with Gasteiger partial charge >= 0.3 is 0 Å². The van der Waals surface area contributed by atoms with Gasteiger partial charge in [-0.2, -0.15) is 0 Å². The van der Waals surface area contributed by atoms with Crippen molar-refractivity contribution in [2.24, 2.45) is 0 Å². The van der Waals surface area contributed by atoms with Gasteiger partial charge in [-0.05, 0) is 38.1 Å². The van der Waals surface area contributed by atoms with E-state index in [-0.39, 0.29) is 0 Å². The van der Waals surface area contributed by atoms with Gasteiger partial charge in [0.15, 0.2) is 0 Å². The smallest absolute Gasteiger partial charge is 0.0970 e. The lowest BCUT2D eigenvalue weighted by Crippen LogP contribution is -2.29. The third kappa shape index (κ3) is 2.61. The maximum atomic E-state index is 4.71. The average molecular weight is 244 g/mol. The van der Waals surface area contributed by atoms with Gasteiger partial charge < -0.3 is 5.32 Å². The molecule has 1 saturated heterocycles. The first kappa shape index (κ1) is 11.1. The Morgan fingerprint density at radius 1 is 1.06 bits per heavy atom. The van der Waals surface area contributed by atoms with Crippen molar-refractivity contribution in [2.75, 3.05) is 13.1 Å². The van der Waals surface area contributed by atoms with Crippen molar-refractivity contribution in [3.63, 3.8) is 0 Å². The van der Waals surface area contributed by atoms with E-state index < -0.39 is 0 Å². The number of hydrogen-bond donors (Lipinski definition) is 1. The van der Waals surface area contributed by atoms with Crippen LogP contribution < -0.4 is 5.32 Å². The summed E-state index contributed by atoms with van der Waals surface area (Å²) in [6, 6.07) is 12.6. The van der Waals surface area contributed by atoms with Crippen LogP contribution >= 0.6 is 11.8 Å². The molecule has 0 unspecified atom stereocenters. The van der Waals surface area contributed by atoms with Crippen LogP contribution in [0, 0.1) is 0 Å². The van der Waals surface area contributed by atoms with Gasteiger partial charge in [0.05, 0.1) is 10.5 Å². The SMILES string of the molecule is c1ccc2nc(SC3CCNCC3)ccc2c1. The fourth-order valence-electron chi connectivity index (χ4n) is 2.20. The lowest BCUT2D eigenvalue weighted by molar-refractivity contribution is 0.531. The van der Waals surface area contributed by atoms with E-state index in [2.05, 4.69) is 35.6 Å². The topological polar surface area (TPSA) is 24.9 Å². The summed E-state index contributed by atoms with van der Waals surface area (Å²) in [5, 5.41) is 6.51. The Morgan fingerprint density at radius 2 is 1.88 bits per heavy atom. The minimum atomic E-state index is 0.727. The molecular weight excluding hydrogens is 228 g/mol. The van der Waals surface area contributed by atoms with Gasteiger partial charge in [-0.15, -0.1) is 11.8 Å². The van der Waals surface area contributed by atoms with Gasteiger partial charge in [-0.1, -0.05) is 24.3 Å². The lowest BCUT2D eigenvalue weighted by Gasteiger charge is -2.21. The van der Waals surface area contributed by atoms with Crippen LogP contribution in [0.3, 0.4) is 0 Å². The van der Waals surface area contributed by atoms with Crippen LogP contribution in [-0.4, -0.2) is 23.3 Å². The zero-order valence-corrected chi connectivity index (χ0v) is 10.5. The van der Waals surface area contributed by atoms with E-state index in [4.69, 9.17) is 4.98 Å². The zero-order valence-electron chi connectivity index (χ0n) is 9.73. The van der Waals surface area contributed by atoms with E-state index in [0.29, 0.717) is 0 Å². The normalized spacial score (nSPS) is 17.4. The van der Waals surface area contributed by atoms with Crippen LogP contribution in [0.4, 0.5) is 0 Å². The van der Waals surface area contributed by atoms with Gasteiger partial charge in [0.2, 0.25) is 0 Å². The second-order valence-corrected chi connectivity index (χ2v) is 5.73. The second kappa shape index (κ2) is 5.07. The fraction of sp³-hybridized carbons (Fsp3) is 0.357. The van der Waals surface area contributed by atoms with Gasteiger partial charge in [0, 0.05) is 10.6 Å². The molecular formula is C14H16N2S. The molecule has 17 heavy (non-hydrogen) atoms. The minimum Gasteiger partial charge on any atom is -0.317 e. The number of thioether (sulfide) groups is 1. The minimum absolute atomic E-state index is 0.727. The van der Waals surface area contributed by atoms with E-state index in [1.54, 1.807) is 0 Å². The first-order valence-corrected chi connectivity index (χ1v) is 7.03. The standard InChI is InChI=1S/C14H16N2S/c1-2-4-13-11(3-1)5-6-14(16-13)17-12-7-9-15-10-8-12/h1-6,12,15H,7-10H2. The number of nitrogens with one attached hydrogen (secondary N) is 1. The lowest BCUT2D eigenvalue weighted by atomic mass is 10.2. The first-order chi connectivity index (χ1) is 8.42. The van der Waals surface area contributed by atoms with Crippen molar-refractivity contribution in [3.05, 3.63) is 36.4 Å². The largest absolute Gasteiger partial charge is 0.317 e. The molecule has 0 aliphatic carbocycles. The highest BCUT2D eigenvalue weighted by Crippen LogP contribution is 2.28. The zero-order chi connectivity index (χ0) is 11.5. The number of nitrogens with zero attached hydrogens (tertiary/aromatic N) is 1. The molecule has 88 valence electrons. The third-order valence-electron chi connectivity index (χ3n) is 3.15. The maximum absolute atomic E-state index is 4.71. The summed E-state index contributed by atoms with van der Waals surface area (Å²) in [5.74, 6) is 0. The van der Waals surface area contributed by atoms with Crippen molar-refractivity contribution in [1.82, 2.24) is 10.3 Å². The number of hydrogen-bond acceptors (Lipinski definition) is 3. The molecule has 0 saturated carbocycles. The fourth-order valence-corrected chi connectivity index (χ4v) is 3.31. The van der Waals surface area contributed by atoms with Crippen LogP contribution in [0.15, 0.2) is 41.4 Å². The van der Waals surface area contributed by atoms with Crippen molar-refractivity contribution < 1.29 is 0 Å². The van der Waals surface area contributed by atoms with Gasteiger partial charge in [0.25, 0.3) is 0 Å². The molecule has 0 radical (unpaired) electrons. The molecule has 3 rings (SSSR count). The Morgan fingerprint density at radius 3 is 2.76 bits per heavy atom. The Hall–Kier alpha value is -1.06. The number of para-hydroxylation sites is 1. The summed E-state index contributed by atoms with van der Waals surface area (Å²) < 4.78 is 0. The number of fused-ring (bicyclic) bond motifs is 1. The molecule has 1 aliphatic heterocycles. The predicted octanol–water partition coefficient (Wildman–Crippen LogP) is 3.08. The summed E-state index contributed by atoms with van der Waals surface area (Å²) >= 11 is 1.93. The molecule has 1 N–H and O–H groups in total. The molecule has 2 aromatic rings. The molecule has 2 heterocycles. The average Bonchev–Trinajstić information content (AvgIpc) is 2.40. The molecule has 2 nitrogen and oxygen atoms in total. The number of piperidine rings is 1. The van der Waals surface area contributed by atoms with Gasteiger partial charge in [-0.3, -0.25) is 0 Å². The number of benzene rings is 1. The molecule has 1 aromatic heterocycles. The molecule has 1 aliphatic rings. The monoisotopic (exact) mass is 244 g/mol. The van der Waals surface area contributed by atoms with E-state index in [1.165, 1.54) is 18.2 Å². The molecule has 1 aromatic carbocycles. The molecule has 0 atom stereocenters. The van der Waals surface area contributed by atoms with Crippen molar-refractivity contribution in [2.45, 2.75) is 23.1 Å². The quantitative estimate of drug-likeness (QED) is 0.878. The summed E-state index contributed by atoms with van der Waals surface area (Å²) in [4.78, 5) is 4.71. The van der Waals surface area contributed by atoms with Crippen molar-refractivity contribution in [3.8, 4) is 0 Å². The number of pyridine rings is 1. The second-order valence-electron chi connectivity index (χ2n) is 4.41. The summed E-state index contributed by atoms with van der Waals surface area (Å²) in [7, 11) is 0. The molecule has 0 bridgehead atoms. The molecule has 1 fully saturated rings. The Labute approximate surface area is 106 Å². The van der Waals surface area contributed by atoms with Crippen LogP contribution in [0.25, 0.3) is 10.9 Å². The van der Waals surface area contributed by atoms with E-state index in [9.17, 15) is 0 Å². The maximum Gasteiger partial charge on any atom is 0.0970 e. The van der Waals surface area contributed by atoms with Crippen LogP contribution in [0.2, 0.25) is 0 Å². The Bertz CT molecular complexity index is 506. The summed E-state index contributed by atoms with van der Waals surface area (Å²) in [6.07, 6.45) is 2.50. The third-order valence-corrected chi connectivity index (χ3v) is 4.42. The summed E-state index contributed by atoms with van der Waals surface area (Å²) in [6.45, 7) is 2.29.